The summed E-state index contributed by atoms with van der Waals surface area (Å²) in [6, 6.07) is 11.5. The molecular weight excluding hydrogens is 532 g/mol. The molecule has 2 aromatic carbocycles. The summed E-state index contributed by atoms with van der Waals surface area (Å²) in [4.78, 5) is 4.15. The monoisotopic (exact) mass is 556 g/mol. The minimum atomic E-state index is -4.40. The first-order valence-electron chi connectivity index (χ1n) is 8.79. The summed E-state index contributed by atoms with van der Waals surface area (Å²) in [6.45, 7) is 2.36. The van der Waals surface area contributed by atoms with Gasteiger partial charge in [0, 0.05) is 26.7 Å². The summed E-state index contributed by atoms with van der Waals surface area (Å²) in [6.07, 6.45) is -4.40. The fourth-order valence-electron chi connectivity index (χ4n) is 2.43. The van der Waals surface area contributed by atoms with Gasteiger partial charge in [0.05, 0.1) is 10.5 Å². The topological polar surface area (TPSA) is 82.6 Å². The van der Waals surface area contributed by atoms with Crippen LogP contribution in [0, 0.1) is 6.92 Å². The average molecular weight is 556 g/mol. The number of alkyl halides is 3. The Labute approximate surface area is 191 Å². The molecule has 0 heterocycles. The van der Waals surface area contributed by atoms with Gasteiger partial charge in [0.2, 0.25) is 10.0 Å². The highest BCUT2D eigenvalue weighted by atomic mass is 127. The molecule has 0 saturated carbocycles. The number of guanidine groups is 1. The first-order valence-corrected chi connectivity index (χ1v) is 10.3. The van der Waals surface area contributed by atoms with E-state index < -0.39 is 21.8 Å². The highest BCUT2D eigenvalue weighted by Gasteiger charge is 2.30. The maximum atomic E-state index is 12.8. The predicted octanol–water partition coefficient (Wildman–Crippen LogP) is 3.28. The highest BCUT2D eigenvalue weighted by molar-refractivity contribution is 14.0. The second-order valence-electron chi connectivity index (χ2n) is 6.26. The van der Waals surface area contributed by atoms with Gasteiger partial charge in [0.15, 0.2) is 5.96 Å². The molecule has 2 rings (SSSR count). The van der Waals surface area contributed by atoms with E-state index in [-0.39, 0.29) is 48.5 Å². The van der Waals surface area contributed by atoms with Crippen LogP contribution in [0.15, 0.2) is 58.4 Å². The third-order valence-corrected chi connectivity index (χ3v) is 5.46. The Morgan fingerprint density at radius 1 is 1.03 bits per heavy atom. The van der Waals surface area contributed by atoms with Crippen molar-refractivity contribution in [2.24, 2.45) is 4.99 Å². The first kappa shape index (κ1) is 26.2. The Bertz CT molecular complexity index is 949. The second-order valence-corrected chi connectivity index (χ2v) is 8.03. The number of nitrogens with one attached hydrogen (secondary N) is 3. The Balaban J connectivity index is 0.00000450. The molecule has 0 aliphatic rings. The van der Waals surface area contributed by atoms with Crippen molar-refractivity contribution in [3.8, 4) is 0 Å². The van der Waals surface area contributed by atoms with Crippen LogP contribution in [0.3, 0.4) is 0 Å². The van der Waals surface area contributed by atoms with Crippen LogP contribution in [-0.4, -0.2) is 34.5 Å². The van der Waals surface area contributed by atoms with E-state index in [0.717, 1.165) is 17.7 Å². The summed E-state index contributed by atoms with van der Waals surface area (Å²) in [7, 11) is -2.10. The van der Waals surface area contributed by atoms with Gasteiger partial charge in [0.25, 0.3) is 0 Å². The first-order chi connectivity index (χ1) is 13.6. The zero-order valence-corrected chi connectivity index (χ0v) is 19.6. The third-order valence-electron chi connectivity index (χ3n) is 3.98. The van der Waals surface area contributed by atoms with Crippen LogP contribution in [0.25, 0.3) is 0 Å². The van der Waals surface area contributed by atoms with Crippen LogP contribution in [0.2, 0.25) is 0 Å². The Morgan fingerprint density at radius 3 is 2.30 bits per heavy atom. The predicted molar refractivity (Wildman–Crippen MR) is 121 cm³/mol. The fourth-order valence-corrected chi connectivity index (χ4v) is 3.46. The molecule has 6 nitrogen and oxygen atoms in total. The van der Waals surface area contributed by atoms with E-state index in [1.807, 2.05) is 6.92 Å². The SMILES string of the molecule is CN=C(NCCNS(=O)(=O)c1ccc(C)cc1)NCc1cccc(C(F)(F)F)c1.I. The molecule has 0 aliphatic heterocycles. The van der Waals surface area contributed by atoms with Gasteiger partial charge in [-0.1, -0.05) is 29.8 Å². The van der Waals surface area contributed by atoms with Crippen molar-refractivity contribution in [3.63, 3.8) is 0 Å². The van der Waals surface area contributed by atoms with Crippen LogP contribution in [0.4, 0.5) is 13.2 Å². The molecule has 3 N–H and O–H groups in total. The number of benzene rings is 2. The largest absolute Gasteiger partial charge is 0.416 e. The molecular formula is C19H24F3IN4O2S. The normalized spacial score (nSPS) is 12.2. The van der Waals surface area contributed by atoms with Crippen molar-refractivity contribution in [2.45, 2.75) is 24.5 Å². The lowest BCUT2D eigenvalue weighted by molar-refractivity contribution is -0.137. The maximum absolute atomic E-state index is 12.8. The lowest BCUT2D eigenvalue weighted by Gasteiger charge is -2.13. The average Bonchev–Trinajstić information content (AvgIpc) is 2.67. The number of hydrogen-bond donors (Lipinski definition) is 3. The number of hydrogen-bond acceptors (Lipinski definition) is 3. The molecule has 0 bridgehead atoms. The Morgan fingerprint density at radius 2 is 1.70 bits per heavy atom. The molecule has 0 amide bonds. The molecule has 0 radical (unpaired) electrons. The number of aliphatic imine (C=N–C) groups is 1. The number of rotatable bonds is 7. The molecule has 30 heavy (non-hydrogen) atoms. The fraction of sp³-hybridized carbons (Fsp3) is 0.316. The Hall–Kier alpha value is -1.86. The van der Waals surface area contributed by atoms with Crippen molar-refractivity contribution in [2.75, 3.05) is 20.1 Å². The summed E-state index contributed by atoms with van der Waals surface area (Å²) >= 11 is 0. The molecule has 0 aliphatic carbocycles. The van der Waals surface area contributed by atoms with Gasteiger partial charge >= 0.3 is 6.18 Å². The number of aryl methyl sites for hydroxylation is 1. The van der Waals surface area contributed by atoms with Crippen LogP contribution in [0.5, 0.6) is 0 Å². The highest BCUT2D eigenvalue weighted by Crippen LogP contribution is 2.29. The van der Waals surface area contributed by atoms with E-state index in [9.17, 15) is 21.6 Å². The standard InChI is InChI=1S/C19H23F3N4O2S.HI/c1-14-6-8-17(9-7-14)29(27,28)26-11-10-24-18(23-2)25-13-15-4-3-5-16(12-15)19(20,21)22;/h3-9,12,26H,10-11,13H2,1-2H3,(H2,23,24,25);1H. The number of sulfonamides is 1. The zero-order valence-electron chi connectivity index (χ0n) is 16.5. The quantitative estimate of drug-likeness (QED) is 0.212. The second kappa shape index (κ2) is 11.5. The van der Waals surface area contributed by atoms with E-state index in [0.29, 0.717) is 11.5 Å². The molecule has 0 atom stereocenters. The van der Waals surface area contributed by atoms with Crippen LogP contribution in [-0.2, 0) is 22.7 Å². The van der Waals surface area contributed by atoms with E-state index in [1.165, 1.54) is 25.2 Å². The summed E-state index contributed by atoms with van der Waals surface area (Å²) in [5.74, 6) is 0.344. The van der Waals surface area contributed by atoms with Crippen molar-refractivity contribution >= 4 is 40.0 Å². The Kier molecular flexibility index (Phi) is 10.0. The maximum Gasteiger partial charge on any atom is 0.416 e. The molecule has 0 spiro atoms. The molecule has 11 heteroatoms. The number of nitrogens with zero attached hydrogens (tertiary/aromatic N) is 1. The van der Waals surface area contributed by atoms with Crippen LogP contribution >= 0.6 is 24.0 Å². The molecule has 0 fully saturated rings. The lowest BCUT2D eigenvalue weighted by Crippen LogP contribution is -2.41. The summed E-state index contributed by atoms with van der Waals surface area (Å²) < 4.78 is 65.2. The van der Waals surface area contributed by atoms with Gasteiger partial charge in [-0.15, -0.1) is 24.0 Å². The van der Waals surface area contributed by atoms with Gasteiger partial charge in [-0.2, -0.15) is 13.2 Å². The zero-order chi connectivity index (χ0) is 21.5. The van der Waals surface area contributed by atoms with Crippen molar-refractivity contribution in [1.29, 1.82) is 0 Å². The summed E-state index contributed by atoms with van der Waals surface area (Å²) in [5, 5.41) is 5.80. The van der Waals surface area contributed by atoms with E-state index in [4.69, 9.17) is 0 Å². The van der Waals surface area contributed by atoms with Gasteiger partial charge < -0.3 is 10.6 Å². The molecule has 0 unspecified atom stereocenters. The molecule has 0 saturated heterocycles. The minimum Gasteiger partial charge on any atom is -0.355 e. The van der Waals surface area contributed by atoms with Crippen LogP contribution < -0.4 is 15.4 Å². The van der Waals surface area contributed by atoms with E-state index in [2.05, 4.69) is 20.3 Å². The third kappa shape index (κ3) is 8.11. The lowest BCUT2D eigenvalue weighted by atomic mass is 10.1. The number of halogens is 4. The van der Waals surface area contributed by atoms with Gasteiger partial charge in [0.1, 0.15) is 0 Å². The molecule has 166 valence electrons. The smallest absolute Gasteiger partial charge is 0.355 e. The van der Waals surface area contributed by atoms with Crippen LogP contribution in [0.1, 0.15) is 16.7 Å². The molecule has 2 aromatic rings. The van der Waals surface area contributed by atoms with Gasteiger partial charge in [-0.05, 0) is 36.8 Å². The minimum absolute atomic E-state index is 0. The molecule has 0 aromatic heterocycles. The van der Waals surface area contributed by atoms with Gasteiger partial charge in [-0.3, -0.25) is 4.99 Å². The van der Waals surface area contributed by atoms with Crippen molar-refractivity contribution in [3.05, 3.63) is 65.2 Å². The van der Waals surface area contributed by atoms with Crippen molar-refractivity contribution in [1.82, 2.24) is 15.4 Å². The van der Waals surface area contributed by atoms with Gasteiger partial charge in [-0.25, -0.2) is 13.1 Å². The summed E-state index contributed by atoms with van der Waals surface area (Å²) in [5.41, 5.74) is 0.689. The van der Waals surface area contributed by atoms with E-state index >= 15 is 0 Å². The van der Waals surface area contributed by atoms with Crippen molar-refractivity contribution < 1.29 is 21.6 Å². The van der Waals surface area contributed by atoms with E-state index in [1.54, 1.807) is 18.2 Å².